The smallest absolute Gasteiger partial charge is 0.212 e. The Morgan fingerprint density at radius 3 is 3.12 bits per heavy atom. The number of piperidine rings is 1. The first-order valence-corrected chi connectivity index (χ1v) is 6.70. The van der Waals surface area contributed by atoms with Crippen molar-refractivity contribution in [3.8, 4) is 0 Å². The second-order valence-electron chi connectivity index (χ2n) is 4.58. The van der Waals surface area contributed by atoms with E-state index in [1.807, 2.05) is 4.68 Å². The van der Waals surface area contributed by atoms with Crippen molar-refractivity contribution < 1.29 is 0 Å². The molecule has 0 aromatic carbocycles. The van der Waals surface area contributed by atoms with Crippen LogP contribution in [0.3, 0.4) is 0 Å². The van der Waals surface area contributed by atoms with Crippen LogP contribution in [0.25, 0.3) is 0 Å². The van der Waals surface area contributed by atoms with Crippen LogP contribution in [0.15, 0.2) is 10.3 Å². The Bertz CT molecular complexity index is 462. The fourth-order valence-electron chi connectivity index (χ4n) is 2.25. The molecule has 16 heavy (non-hydrogen) atoms. The topological polar surface area (TPSA) is 55.1 Å². The first-order valence-electron chi connectivity index (χ1n) is 5.82. The Balaban J connectivity index is 1.77. The summed E-state index contributed by atoms with van der Waals surface area (Å²) in [4.78, 5) is 0. The molecule has 5 nitrogen and oxygen atoms in total. The molecule has 6 heteroatoms. The van der Waals surface area contributed by atoms with Gasteiger partial charge in [-0.1, -0.05) is 11.8 Å². The van der Waals surface area contributed by atoms with Gasteiger partial charge in [-0.25, -0.2) is 0 Å². The Morgan fingerprint density at radius 1 is 1.31 bits per heavy atom. The molecule has 3 heterocycles. The third-order valence-electron chi connectivity index (χ3n) is 3.31. The first kappa shape index (κ1) is 9.18. The SMILES string of the molecule is C1CC2=Nn3c(nnc3C3CC3)SC2CN1. The number of hydrogen-bond donors (Lipinski definition) is 1. The highest BCUT2D eigenvalue weighted by atomic mass is 32.2. The lowest BCUT2D eigenvalue weighted by atomic mass is 10.1. The quantitative estimate of drug-likeness (QED) is 0.783. The second-order valence-corrected chi connectivity index (χ2v) is 5.75. The molecule has 1 aliphatic carbocycles. The lowest BCUT2D eigenvalue weighted by Gasteiger charge is -2.27. The monoisotopic (exact) mass is 235 g/mol. The highest BCUT2D eigenvalue weighted by molar-refractivity contribution is 8.00. The fraction of sp³-hybridized carbons (Fsp3) is 0.700. The molecule has 1 saturated heterocycles. The van der Waals surface area contributed by atoms with Gasteiger partial charge < -0.3 is 5.32 Å². The van der Waals surface area contributed by atoms with Gasteiger partial charge in [0.25, 0.3) is 0 Å². The van der Waals surface area contributed by atoms with Gasteiger partial charge in [0.05, 0.1) is 11.0 Å². The third-order valence-corrected chi connectivity index (χ3v) is 4.50. The Kier molecular flexibility index (Phi) is 1.90. The zero-order valence-corrected chi connectivity index (χ0v) is 9.70. The molecule has 1 saturated carbocycles. The van der Waals surface area contributed by atoms with Crippen LogP contribution >= 0.6 is 11.8 Å². The molecule has 2 fully saturated rings. The third kappa shape index (κ3) is 1.33. The predicted molar refractivity (Wildman–Crippen MR) is 62.0 cm³/mol. The van der Waals surface area contributed by atoms with Crippen molar-refractivity contribution in [3.05, 3.63) is 5.82 Å². The van der Waals surface area contributed by atoms with Gasteiger partial charge in [-0.2, -0.15) is 9.78 Å². The van der Waals surface area contributed by atoms with Crippen LogP contribution in [0, 0.1) is 0 Å². The molecule has 0 spiro atoms. The number of nitrogens with one attached hydrogen (secondary N) is 1. The summed E-state index contributed by atoms with van der Waals surface area (Å²) < 4.78 is 1.99. The minimum Gasteiger partial charge on any atom is -0.315 e. The predicted octanol–water partition coefficient (Wildman–Crippen LogP) is 0.827. The molecule has 3 aliphatic rings. The summed E-state index contributed by atoms with van der Waals surface area (Å²) in [7, 11) is 0. The van der Waals surface area contributed by atoms with Gasteiger partial charge in [-0.3, -0.25) is 0 Å². The molecule has 1 atom stereocenters. The molecule has 0 radical (unpaired) electrons. The zero-order chi connectivity index (χ0) is 10.5. The summed E-state index contributed by atoms with van der Waals surface area (Å²) in [5.74, 6) is 1.69. The molecule has 0 amide bonds. The lowest BCUT2D eigenvalue weighted by Crippen LogP contribution is -2.41. The molecule has 1 N–H and O–H groups in total. The van der Waals surface area contributed by atoms with Gasteiger partial charge in [0.2, 0.25) is 5.16 Å². The van der Waals surface area contributed by atoms with Gasteiger partial charge in [-0.15, -0.1) is 10.2 Å². The summed E-state index contributed by atoms with van der Waals surface area (Å²) >= 11 is 1.80. The second kappa shape index (κ2) is 3.30. The van der Waals surface area contributed by atoms with E-state index in [1.54, 1.807) is 11.8 Å². The summed E-state index contributed by atoms with van der Waals surface area (Å²) in [6.45, 7) is 2.06. The Labute approximate surface area is 97.7 Å². The molecular formula is C10H13N5S. The van der Waals surface area contributed by atoms with E-state index >= 15 is 0 Å². The van der Waals surface area contributed by atoms with Crippen LogP contribution in [0.5, 0.6) is 0 Å². The summed E-state index contributed by atoms with van der Waals surface area (Å²) in [5.41, 5.74) is 1.30. The van der Waals surface area contributed by atoms with Crippen molar-refractivity contribution in [1.29, 1.82) is 0 Å². The Hall–Kier alpha value is -0.880. The molecule has 84 valence electrons. The van der Waals surface area contributed by atoms with Crippen LogP contribution in [0.4, 0.5) is 0 Å². The van der Waals surface area contributed by atoms with E-state index in [2.05, 4.69) is 15.5 Å². The number of nitrogens with zero attached hydrogens (tertiary/aromatic N) is 4. The minimum absolute atomic E-state index is 0.470. The average molecular weight is 235 g/mol. The molecule has 4 rings (SSSR count). The molecular weight excluding hydrogens is 222 g/mol. The van der Waals surface area contributed by atoms with Gasteiger partial charge in [0.1, 0.15) is 0 Å². The average Bonchev–Trinajstić information content (AvgIpc) is 3.08. The van der Waals surface area contributed by atoms with E-state index in [9.17, 15) is 0 Å². The van der Waals surface area contributed by atoms with Crippen molar-refractivity contribution in [2.45, 2.75) is 35.6 Å². The van der Waals surface area contributed by atoms with Gasteiger partial charge >= 0.3 is 0 Å². The van der Waals surface area contributed by atoms with E-state index in [4.69, 9.17) is 5.10 Å². The highest BCUT2D eigenvalue weighted by Crippen LogP contribution is 2.41. The minimum atomic E-state index is 0.470. The van der Waals surface area contributed by atoms with Crippen LogP contribution < -0.4 is 5.32 Å². The van der Waals surface area contributed by atoms with Gasteiger partial charge in [-0.05, 0) is 12.8 Å². The largest absolute Gasteiger partial charge is 0.315 e. The number of aromatic nitrogens is 3. The van der Waals surface area contributed by atoms with E-state index < -0.39 is 0 Å². The molecule has 1 unspecified atom stereocenters. The van der Waals surface area contributed by atoms with Crippen LogP contribution in [0.2, 0.25) is 0 Å². The van der Waals surface area contributed by atoms with Crippen molar-refractivity contribution >= 4 is 17.5 Å². The number of hydrogen-bond acceptors (Lipinski definition) is 5. The summed E-state index contributed by atoms with van der Waals surface area (Å²) in [5, 5.41) is 18.1. The number of thioether (sulfide) groups is 1. The summed E-state index contributed by atoms with van der Waals surface area (Å²) in [6.07, 6.45) is 3.55. The fourth-order valence-corrected chi connectivity index (χ4v) is 3.33. The maximum absolute atomic E-state index is 4.74. The molecule has 0 bridgehead atoms. The normalized spacial score (nSPS) is 28.2. The molecule has 1 aromatic rings. The van der Waals surface area contributed by atoms with Crippen molar-refractivity contribution in [3.63, 3.8) is 0 Å². The first-order chi connectivity index (χ1) is 7.92. The van der Waals surface area contributed by atoms with Crippen LogP contribution in [-0.2, 0) is 0 Å². The zero-order valence-electron chi connectivity index (χ0n) is 8.89. The molecule has 2 aliphatic heterocycles. The number of fused-ring (bicyclic) bond motifs is 2. The molecule has 1 aromatic heterocycles. The van der Waals surface area contributed by atoms with E-state index in [-0.39, 0.29) is 0 Å². The van der Waals surface area contributed by atoms with E-state index in [0.29, 0.717) is 11.2 Å². The maximum Gasteiger partial charge on any atom is 0.212 e. The maximum atomic E-state index is 4.74. The van der Waals surface area contributed by atoms with Crippen molar-refractivity contribution in [1.82, 2.24) is 20.2 Å². The highest BCUT2D eigenvalue weighted by Gasteiger charge is 2.34. The number of rotatable bonds is 1. The van der Waals surface area contributed by atoms with Gasteiger partial charge in [0, 0.05) is 25.4 Å². The Morgan fingerprint density at radius 2 is 2.25 bits per heavy atom. The van der Waals surface area contributed by atoms with E-state index in [0.717, 1.165) is 30.5 Å². The lowest BCUT2D eigenvalue weighted by molar-refractivity contribution is 0.636. The van der Waals surface area contributed by atoms with Crippen LogP contribution in [-0.4, -0.2) is 38.9 Å². The van der Waals surface area contributed by atoms with Crippen LogP contribution in [0.1, 0.15) is 31.0 Å². The van der Waals surface area contributed by atoms with Gasteiger partial charge in [0.15, 0.2) is 5.82 Å². The van der Waals surface area contributed by atoms with Crippen molar-refractivity contribution in [2.75, 3.05) is 13.1 Å². The standard InChI is InChI=1S/C10H13N5S/c1-2-6(1)9-12-13-10-15(9)14-7-3-4-11-5-8(7)16-10/h6,8,11H,1-5H2. The summed E-state index contributed by atoms with van der Waals surface area (Å²) in [6, 6.07) is 0. The van der Waals surface area contributed by atoms with Crippen molar-refractivity contribution in [2.24, 2.45) is 5.10 Å². The van der Waals surface area contributed by atoms with E-state index in [1.165, 1.54) is 18.6 Å².